The first-order valence-electron chi connectivity index (χ1n) is 11.6. The summed E-state index contributed by atoms with van der Waals surface area (Å²) in [5.41, 5.74) is 2.50. The van der Waals surface area contributed by atoms with E-state index in [0.717, 1.165) is 29.5 Å². The van der Waals surface area contributed by atoms with Gasteiger partial charge in [-0.1, -0.05) is 11.6 Å². The topological polar surface area (TPSA) is 71.6 Å². The Labute approximate surface area is 200 Å². The molecule has 0 spiro atoms. The molecule has 0 unspecified atom stereocenters. The summed E-state index contributed by atoms with van der Waals surface area (Å²) in [6.07, 6.45) is 1.31. The van der Waals surface area contributed by atoms with Gasteiger partial charge in [0.15, 0.2) is 0 Å². The van der Waals surface area contributed by atoms with Crippen molar-refractivity contribution in [2.24, 2.45) is 0 Å². The standard InChI is InChI=1S/C24H34ClN3O5/c1-24(2,3)33-23(30)28-9-10-32-15-21(28)19-12-17(25)11-16-5-7-27(14-20(16)19)22(29)26-8-6-18(13-26)31-4/h11-12,18,21H,5-10,13-15H2,1-4H3/t18-,21+/m1/s1. The van der Waals surface area contributed by atoms with Crippen LogP contribution in [0, 0.1) is 0 Å². The van der Waals surface area contributed by atoms with Crippen molar-refractivity contribution in [2.45, 2.75) is 57.9 Å². The number of rotatable bonds is 2. The number of hydrogen-bond donors (Lipinski definition) is 0. The summed E-state index contributed by atoms with van der Waals surface area (Å²) < 4.78 is 16.9. The normalized spacial score (nSPS) is 23.5. The highest BCUT2D eigenvalue weighted by Crippen LogP contribution is 2.35. The summed E-state index contributed by atoms with van der Waals surface area (Å²) >= 11 is 6.49. The van der Waals surface area contributed by atoms with Crippen molar-refractivity contribution in [1.82, 2.24) is 14.7 Å². The molecule has 0 aromatic heterocycles. The zero-order valence-corrected chi connectivity index (χ0v) is 20.7. The van der Waals surface area contributed by atoms with Gasteiger partial charge >= 0.3 is 12.1 Å². The molecule has 9 heteroatoms. The molecule has 0 aliphatic carbocycles. The number of amides is 3. The van der Waals surface area contributed by atoms with E-state index in [1.807, 2.05) is 42.7 Å². The summed E-state index contributed by atoms with van der Waals surface area (Å²) in [6, 6.07) is 3.59. The second-order valence-electron chi connectivity index (χ2n) is 9.94. The largest absolute Gasteiger partial charge is 0.444 e. The smallest absolute Gasteiger partial charge is 0.410 e. The summed E-state index contributed by atoms with van der Waals surface area (Å²) in [5, 5.41) is 0.626. The van der Waals surface area contributed by atoms with E-state index in [1.165, 1.54) is 0 Å². The van der Waals surface area contributed by atoms with Crippen LogP contribution >= 0.6 is 11.6 Å². The summed E-state index contributed by atoms with van der Waals surface area (Å²) in [4.78, 5) is 31.7. The van der Waals surface area contributed by atoms with Crippen molar-refractivity contribution in [2.75, 3.05) is 46.5 Å². The van der Waals surface area contributed by atoms with Crippen molar-refractivity contribution < 1.29 is 23.8 Å². The molecule has 0 N–H and O–H groups in total. The number of methoxy groups -OCH3 is 1. The third kappa shape index (κ3) is 5.39. The minimum Gasteiger partial charge on any atom is -0.444 e. The monoisotopic (exact) mass is 479 g/mol. The molecule has 4 rings (SSSR count). The fourth-order valence-corrected chi connectivity index (χ4v) is 5.06. The number of ether oxygens (including phenoxy) is 3. The lowest BCUT2D eigenvalue weighted by Crippen LogP contribution is -2.47. The zero-order chi connectivity index (χ0) is 23.8. The number of fused-ring (bicyclic) bond motifs is 1. The Hall–Kier alpha value is -2.03. The molecule has 33 heavy (non-hydrogen) atoms. The predicted molar refractivity (Wildman–Crippen MR) is 124 cm³/mol. The van der Waals surface area contributed by atoms with Gasteiger partial charge in [-0.05, 0) is 62.4 Å². The molecule has 8 nitrogen and oxygen atoms in total. The Kier molecular flexibility index (Phi) is 7.07. The van der Waals surface area contributed by atoms with Gasteiger partial charge in [-0.15, -0.1) is 0 Å². The number of carbonyl (C=O) groups is 2. The first-order chi connectivity index (χ1) is 15.7. The number of hydrogen-bond acceptors (Lipinski definition) is 5. The number of urea groups is 1. The third-order valence-corrected chi connectivity index (χ3v) is 6.69. The average molecular weight is 480 g/mol. The molecule has 1 aromatic rings. The Balaban J connectivity index is 1.59. The van der Waals surface area contributed by atoms with Crippen molar-refractivity contribution in [3.05, 3.63) is 33.8 Å². The van der Waals surface area contributed by atoms with E-state index in [9.17, 15) is 9.59 Å². The van der Waals surface area contributed by atoms with Crippen LogP contribution in [-0.2, 0) is 27.2 Å². The van der Waals surface area contributed by atoms with Gasteiger partial charge in [0.2, 0.25) is 0 Å². The van der Waals surface area contributed by atoms with Gasteiger partial charge < -0.3 is 24.0 Å². The fraction of sp³-hybridized carbons (Fsp3) is 0.667. The van der Waals surface area contributed by atoms with E-state index in [2.05, 4.69) is 0 Å². The van der Waals surface area contributed by atoms with E-state index in [-0.39, 0.29) is 24.3 Å². The molecule has 1 aromatic carbocycles. The van der Waals surface area contributed by atoms with Gasteiger partial charge in [-0.25, -0.2) is 9.59 Å². The molecule has 0 saturated carbocycles. The van der Waals surface area contributed by atoms with Crippen LogP contribution < -0.4 is 0 Å². The van der Waals surface area contributed by atoms with Crippen LogP contribution in [0.15, 0.2) is 12.1 Å². The molecule has 182 valence electrons. The SMILES string of the molecule is CO[C@@H]1CCN(C(=O)N2CCc3cc(Cl)cc([C@@H]4COCCN4C(=O)OC(C)(C)C)c3C2)C1. The molecule has 2 saturated heterocycles. The molecule has 3 heterocycles. The van der Waals surface area contributed by atoms with Crippen LogP contribution in [0.2, 0.25) is 5.02 Å². The minimum atomic E-state index is -0.591. The first kappa shape index (κ1) is 24.1. The Morgan fingerprint density at radius 1 is 1.15 bits per heavy atom. The lowest BCUT2D eigenvalue weighted by atomic mass is 9.90. The average Bonchev–Trinajstić information content (AvgIpc) is 3.26. The second kappa shape index (κ2) is 9.68. The molecular weight excluding hydrogens is 446 g/mol. The van der Waals surface area contributed by atoms with Gasteiger partial charge in [0.25, 0.3) is 0 Å². The summed E-state index contributed by atoms with van der Waals surface area (Å²) in [6.45, 7) is 9.28. The first-order valence-corrected chi connectivity index (χ1v) is 12.0. The van der Waals surface area contributed by atoms with Gasteiger partial charge in [0.1, 0.15) is 5.60 Å². The molecule has 3 aliphatic rings. The molecule has 3 amide bonds. The number of morpholine rings is 1. The maximum absolute atomic E-state index is 13.2. The Bertz CT molecular complexity index is 903. The van der Waals surface area contributed by atoms with Gasteiger partial charge in [0.05, 0.1) is 25.4 Å². The lowest BCUT2D eigenvalue weighted by Gasteiger charge is -2.39. The minimum absolute atomic E-state index is 0.0324. The molecule has 0 radical (unpaired) electrons. The molecule has 3 aliphatic heterocycles. The number of benzene rings is 1. The Morgan fingerprint density at radius 3 is 2.64 bits per heavy atom. The summed E-state index contributed by atoms with van der Waals surface area (Å²) in [7, 11) is 1.69. The number of carbonyl (C=O) groups excluding carboxylic acids is 2. The second-order valence-corrected chi connectivity index (χ2v) is 10.4. The van der Waals surface area contributed by atoms with Crippen LogP contribution in [0.5, 0.6) is 0 Å². The van der Waals surface area contributed by atoms with Crippen molar-refractivity contribution >= 4 is 23.7 Å². The quantitative estimate of drug-likeness (QED) is 0.644. The van der Waals surface area contributed by atoms with E-state index in [0.29, 0.717) is 51.0 Å². The highest BCUT2D eigenvalue weighted by molar-refractivity contribution is 6.30. The maximum Gasteiger partial charge on any atom is 0.410 e. The van der Waals surface area contributed by atoms with E-state index in [4.69, 9.17) is 25.8 Å². The molecule has 0 bridgehead atoms. The van der Waals surface area contributed by atoms with Gasteiger partial charge in [-0.2, -0.15) is 0 Å². The molecule has 2 fully saturated rings. The fourth-order valence-electron chi connectivity index (χ4n) is 4.81. The van der Waals surface area contributed by atoms with Crippen LogP contribution in [0.25, 0.3) is 0 Å². The highest BCUT2D eigenvalue weighted by atomic mass is 35.5. The molecule has 2 atom stereocenters. The van der Waals surface area contributed by atoms with Crippen molar-refractivity contribution in [3.8, 4) is 0 Å². The predicted octanol–water partition coefficient (Wildman–Crippen LogP) is 3.85. The van der Waals surface area contributed by atoms with Crippen LogP contribution in [0.3, 0.4) is 0 Å². The van der Waals surface area contributed by atoms with E-state index >= 15 is 0 Å². The lowest BCUT2D eigenvalue weighted by molar-refractivity contribution is -0.0334. The number of nitrogens with zero attached hydrogens (tertiary/aromatic N) is 3. The van der Waals surface area contributed by atoms with E-state index < -0.39 is 5.60 Å². The molecular formula is C24H34ClN3O5. The van der Waals surface area contributed by atoms with Crippen LogP contribution in [0.1, 0.15) is 49.9 Å². The zero-order valence-electron chi connectivity index (χ0n) is 19.9. The summed E-state index contributed by atoms with van der Waals surface area (Å²) in [5.74, 6) is 0. The highest BCUT2D eigenvalue weighted by Gasteiger charge is 2.36. The van der Waals surface area contributed by atoms with Crippen LogP contribution in [-0.4, -0.2) is 85.0 Å². The van der Waals surface area contributed by atoms with Crippen molar-refractivity contribution in [3.63, 3.8) is 0 Å². The van der Waals surface area contributed by atoms with Crippen LogP contribution in [0.4, 0.5) is 9.59 Å². The third-order valence-electron chi connectivity index (χ3n) is 6.48. The number of halogens is 1. The maximum atomic E-state index is 13.2. The number of likely N-dealkylation sites (tertiary alicyclic amines) is 1. The van der Waals surface area contributed by atoms with Gasteiger partial charge in [0, 0.05) is 44.9 Å². The van der Waals surface area contributed by atoms with Gasteiger partial charge in [-0.3, -0.25) is 4.90 Å². The van der Waals surface area contributed by atoms with Crippen molar-refractivity contribution in [1.29, 1.82) is 0 Å². The van der Waals surface area contributed by atoms with E-state index in [1.54, 1.807) is 12.0 Å². The Morgan fingerprint density at radius 2 is 1.94 bits per heavy atom.